The summed E-state index contributed by atoms with van der Waals surface area (Å²) >= 11 is 1.35. The van der Waals surface area contributed by atoms with Gasteiger partial charge in [-0.3, -0.25) is 0 Å². The van der Waals surface area contributed by atoms with Gasteiger partial charge in [0.2, 0.25) is 20.1 Å². The molecule has 2 aliphatic rings. The third kappa shape index (κ3) is 3.69. The van der Waals surface area contributed by atoms with Gasteiger partial charge in [0, 0.05) is 43.4 Å². The maximum absolute atomic E-state index is 13.1. The molecule has 2 aliphatic heterocycles. The van der Waals surface area contributed by atoms with Crippen LogP contribution in [-0.2, 0) is 16.2 Å². The normalized spacial score (nSPS) is 19.6. The molecule has 2 saturated heterocycles. The number of hydrogen-bond donors (Lipinski definition) is 1. The Hall–Kier alpha value is -2.45. The fourth-order valence-electron chi connectivity index (χ4n) is 4.31. The summed E-state index contributed by atoms with van der Waals surface area (Å²) in [7, 11) is -3.15. The van der Waals surface area contributed by atoms with E-state index in [0.29, 0.717) is 23.7 Å². The molecule has 5 rings (SSSR count). The van der Waals surface area contributed by atoms with Crippen molar-refractivity contribution in [1.82, 2.24) is 23.9 Å². The molecular weight excluding hydrogens is 467 g/mol. The van der Waals surface area contributed by atoms with Crippen LogP contribution in [0.4, 0.5) is 24.1 Å². The van der Waals surface area contributed by atoms with Crippen LogP contribution in [0.15, 0.2) is 18.5 Å². The number of alkyl halides is 3. The third-order valence-corrected chi connectivity index (χ3v) is 8.41. The zero-order valence-corrected chi connectivity index (χ0v) is 18.6. The number of rotatable bonds is 3. The molecular formula is C18H20F3N7O2S2. The maximum Gasteiger partial charge on any atom is 0.419 e. The maximum atomic E-state index is 13.1. The molecule has 0 aromatic carbocycles. The first kappa shape index (κ1) is 21.4. The molecule has 0 unspecified atom stereocenters. The highest BCUT2D eigenvalue weighted by molar-refractivity contribution is 7.88. The molecule has 0 aliphatic carbocycles. The van der Waals surface area contributed by atoms with E-state index in [-0.39, 0.29) is 11.0 Å². The Morgan fingerprint density at radius 2 is 1.91 bits per heavy atom. The number of imidazole rings is 1. The van der Waals surface area contributed by atoms with Gasteiger partial charge in [0.25, 0.3) is 0 Å². The first-order valence-electron chi connectivity index (χ1n) is 9.83. The minimum Gasteiger partial charge on any atom is -0.383 e. The molecule has 3 aromatic heterocycles. The lowest BCUT2D eigenvalue weighted by molar-refractivity contribution is -0.137. The molecule has 2 N–H and O–H groups in total. The molecule has 0 amide bonds. The summed E-state index contributed by atoms with van der Waals surface area (Å²) in [5, 5.41) is 5.31. The first-order valence-corrected chi connectivity index (χ1v) is 12.5. The number of fused-ring (bicyclic) bond motifs is 1. The lowest BCUT2D eigenvalue weighted by Crippen LogP contribution is -2.60. The van der Waals surface area contributed by atoms with Crippen LogP contribution in [0.5, 0.6) is 0 Å². The van der Waals surface area contributed by atoms with Crippen molar-refractivity contribution in [3.63, 3.8) is 0 Å². The van der Waals surface area contributed by atoms with E-state index in [1.54, 1.807) is 10.7 Å². The largest absolute Gasteiger partial charge is 0.419 e. The van der Waals surface area contributed by atoms with Gasteiger partial charge in [-0.1, -0.05) is 11.3 Å². The van der Waals surface area contributed by atoms with E-state index < -0.39 is 27.6 Å². The molecule has 5 heterocycles. The molecule has 9 nitrogen and oxygen atoms in total. The number of nitrogens with two attached hydrogens (primary N) is 1. The Bertz CT molecular complexity index is 1250. The van der Waals surface area contributed by atoms with E-state index in [9.17, 15) is 21.6 Å². The minimum absolute atomic E-state index is 0.101. The number of nitrogens with zero attached hydrogens (tertiary/aromatic N) is 6. The van der Waals surface area contributed by atoms with Crippen molar-refractivity contribution in [2.75, 3.05) is 43.1 Å². The van der Waals surface area contributed by atoms with Gasteiger partial charge in [0.1, 0.15) is 5.82 Å². The van der Waals surface area contributed by atoms with Crippen molar-refractivity contribution in [1.29, 1.82) is 0 Å². The fraction of sp³-hybridized carbons (Fsp3) is 0.500. The topological polar surface area (TPSA) is 110 Å². The molecule has 0 radical (unpaired) electrons. The second kappa shape index (κ2) is 7.02. The molecule has 0 saturated carbocycles. The lowest BCUT2D eigenvalue weighted by Gasteiger charge is -2.53. The summed E-state index contributed by atoms with van der Waals surface area (Å²) in [6.07, 6.45) is 1.11. The van der Waals surface area contributed by atoms with Crippen molar-refractivity contribution in [3.8, 4) is 11.3 Å². The standard InChI is InChI=1S/C18H20F3N7O2S2/c1-32(29,30)27-4-2-17(3-5-27)9-26(10-17)16-25-28-8-13(24-15(28)31-16)11-6-12(18(19,20)21)14(22)23-7-11/h6-8H,2-5,9-10H2,1H3,(H2,22,23). The van der Waals surface area contributed by atoms with Crippen molar-refractivity contribution in [2.45, 2.75) is 19.0 Å². The first-order chi connectivity index (χ1) is 14.9. The lowest BCUT2D eigenvalue weighted by atomic mass is 9.73. The SMILES string of the molecule is CS(=O)(=O)N1CCC2(CC1)CN(c1nn3cc(-c4cnc(N)c(C(F)(F)F)c4)nc3s1)C2. The van der Waals surface area contributed by atoms with Crippen molar-refractivity contribution in [2.24, 2.45) is 5.41 Å². The smallest absolute Gasteiger partial charge is 0.383 e. The summed E-state index contributed by atoms with van der Waals surface area (Å²) in [4.78, 5) is 10.8. The van der Waals surface area contributed by atoms with Gasteiger partial charge in [0.15, 0.2) is 0 Å². The third-order valence-electron chi connectivity index (χ3n) is 6.13. The highest BCUT2D eigenvalue weighted by atomic mass is 32.2. The Kier molecular flexibility index (Phi) is 4.70. The summed E-state index contributed by atoms with van der Waals surface area (Å²) in [6, 6.07) is 0.942. The van der Waals surface area contributed by atoms with Crippen molar-refractivity contribution < 1.29 is 21.6 Å². The highest BCUT2D eigenvalue weighted by Gasteiger charge is 2.47. The number of sulfonamides is 1. The van der Waals surface area contributed by atoms with Gasteiger partial charge < -0.3 is 10.6 Å². The molecule has 2 fully saturated rings. The summed E-state index contributed by atoms with van der Waals surface area (Å²) < 4.78 is 65.8. The zero-order valence-electron chi connectivity index (χ0n) is 17.0. The monoisotopic (exact) mass is 487 g/mol. The number of aromatic nitrogens is 4. The Labute approximate surface area is 185 Å². The van der Waals surface area contributed by atoms with Crippen LogP contribution in [0, 0.1) is 5.41 Å². The minimum atomic E-state index is -4.60. The van der Waals surface area contributed by atoms with E-state index in [1.807, 2.05) is 0 Å². The number of pyridine rings is 1. The second-order valence-corrected chi connectivity index (χ2v) is 11.3. The number of piperidine rings is 1. The van der Waals surface area contributed by atoms with Gasteiger partial charge in [-0.15, -0.1) is 5.10 Å². The summed E-state index contributed by atoms with van der Waals surface area (Å²) in [5.41, 5.74) is 5.02. The van der Waals surface area contributed by atoms with Gasteiger partial charge in [-0.2, -0.15) is 13.2 Å². The zero-order chi connectivity index (χ0) is 22.9. The molecule has 0 atom stereocenters. The Morgan fingerprint density at radius 1 is 1.22 bits per heavy atom. The average Bonchev–Trinajstić information content (AvgIpc) is 3.24. The van der Waals surface area contributed by atoms with Crippen molar-refractivity contribution >= 4 is 37.3 Å². The van der Waals surface area contributed by atoms with Gasteiger partial charge in [0.05, 0.1) is 23.7 Å². The van der Waals surface area contributed by atoms with Crippen LogP contribution in [0.1, 0.15) is 18.4 Å². The Balaban J connectivity index is 1.30. The van der Waals surface area contributed by atoms with Crippen LogP contribution >= 0.6 is 11.3 Å². The Morgan fingerprint density at radius 3 is 2.50 bits per heavy atom. The average molecular weight is 488 g/mol. The summed E-state index contributed by atoms with van der Waals surface area (Å²) in [6.45, 7) is 2.66. The van der Waals surface area contributed by atoms with Crippen LogP contribution < -0.4 is 10.6 Å². The van der Waals surface area contributed by atoms with Crippen LogP contribution in [0.3, 0.4) is 0 Å². The van der Waals surface area contributed by atoms with E-state index in [4.69, 9.17) is 5.73 Å². The number of halogens is 3. The number of anilines is 2. The van der Waals surface area contributed by atoms with Crippen LogP contribution in [0.2, 0.25) is 0 Å². The van der Waals surface area contributed by atoms with E-state index in [1.165, 1.54) is 28.1 Å². The molecule has 1 spiro atoms. The van der Waals surface area contributed by atoms with Crippen molar-refractivity contribution in [3.05, 3.63) is 24.0 Å². The second-order valence-electron chi connectivity index (χ2n) is 8.41. The van der Waals surface area contributed by atoms with Gasteiger partial charge >= 0.3 is 6.18 Å². The van der Waals surface area contributed by atoms with Gasteiger partial charge in [-0.05, 0) is 18.9 Å². The highest BCUT2D eigenvalue weighted by Crippen LogP contribution is 2.44. The van der Waals surface area contributed by atoms with E-state index in [0.717, 1.165) is 37.1 Å². The molecule has 14 heteroatoms. The molecule has 0 bridgehead atoms. The predicted octanol–water partition coefficient (Wildman–Crippen LogP) is 2.32. The molecule has 32 heavy (non-hydrogen) atoms. The van der Waals surface area contributed by atoms with Crippen LogP contribution in [0.25, 0.3) is 16.2 Å². The van der Waals surface area contributed by atoms with Crippen LogP contribution in [-0.4, -0.2) is 64.7 Å². The number of nitrogen functional groups attached to an aromatic ring is 1. The summed E-state index contributed by atoms with van der Waals surface area (Å²) in [5.74, 6) is -0.572. The molecule has 3 aromatic rings. The quantitative estimate of drug-likeness (QED) is 0.604. The van der Waals surface area contributed by atoms with Gasteiger partial charge in [-0.25, -0.2) is 27.2 Å². The molecule has 172 valence electrons. The fourth-order valence-corrected chi connectivity index (χ4v) is 6.03. The van der Waals surface area contributed by atoms with E-state index in [2.05, 4.69) is 20.0 Å². The predicted molar refractivity (Wildman–Crippen MR) is 114 cm³/mol. The number of hydrogen-bond acceptors (Lipinski definition) is 8. The van der Waals surface area contributed by atoms with E-state index >= 15 is 0 Å².